The second kappa shape index (κ2) is 6.50. The second-order valence-electron chi connectivity index (χ2n) is 5.38. The molecule has 0 saturated carbocycles. The van der Waals surface area contributed by atoms with Crippen LogP contribution < -0.4 is 0 Å². The molecule has 1 aromatic heterocycles. The van der Waals surface area contributed by atoms with E-state index in [-0.39, 0.29) is 18.1 Å². The van der Waals surface area contributed by atoms with E-state index in [9.17, 15) is 4.79 Å². The van der Waals surface area contributed by atoms with Gasteiger partial charge in [0.25, 0.3) is 0 Å². The molecule has 0 bridgehead atoms. The number of imidazole rings is 1. The van der Waals surface area contributed by atoms with Gasteiger partial charge in [0.2, 0.25) is 5.91 Å². The van der Waals surface area contributed by atoms with Crippen molar-refractivity contribution in [2.75, 3.05) is 19.7 Å². The van der Waals surface area contributed by atoms with Crippen molar-refractivity contribution in [1.82, 2.24) is 14.5 Å². The number of aromatic nitrogens is 2. The molecule has 1 aliphatic heterocycles. The van der Waals surface area contributed by atoms with Gasteiger partial charge in [-0.2, -0.15) is 0 Å². The number of hydrogen-bond acceptors (Lipinski definition) is 3. The number of amides is 1. The average Bonchev–Trinajstić information content (AvgIpc) is 3.09. The Kier molecular flexibility index (Phi) is 4.45. The number of carbonyl (C=O) groups excluding carboxylic acids is 1. The molecule has 3 rings (SSSR count). The Morgan fingerprint density at radius 3 is 2.86 bits per heavy atom. The summed E-state index contributed by atoms with van der Waals surface area (Å²) in [4.78, 5) is 18.5. The SMILES string of the molecule is C[C@H](C(=O)N1CCO[C@H](c2ccc(Cl)cc2)C1)n1ccnc1. The van der Waals surface area contributed by atoms with Crippen LogP contribution in [0.15, 0.2) is 43.0 Å². The fourth-order valence-electron chi connectivity index (χ4n) is 2.62. The third-order valence-corrected chi connectivity index (χ3v) is 4.20. The van der Waals surface area contributed by atoms with E-state index in [0.29, 0.717) is 24.7 Å². The topological polar surface area (TPSA) is 47.4 Å². The van der Waals surface area contributed by atoms with Crippen molar-refractivity contribution in [1.29, 1.82) is 0 Å². The Balaban J connectivity index is 1.70. The summed E-state index contributed by atoms with van der Waals surface area (Å²) < 4.78 is 7.61. The van der Waals surface area contributed by atoms with Gasteiger partial charge in [0, 0.05) is 24.0 Å². The maximum Gasteiger partial charge on any atom is 0.245 e. The summed E-state index contributed by atoms with van der Waals surface area (Å²) in [5.74, 6) is 0.0836. The van der Waals surface area contributed by atoms with Crippen LogP contribution in [0.5, 0.6) is 0 Å². The molecule has 1 aliphatic rings. The van der Waals surface area contributed by atoms with E-state index in [4.69, 9.17) is 16.3 Å². The molecular weight excluding hydrogens is 302 g/mol. The van der Waals surface area contributed by atoms with Crippen LogP contribution in [0.3, 0.4) is 0 Å². The fourth-order valence-corrected chi connectivity index (χ4v) is 2.74. The van der Waals surface area contributed by atoms with Crippen LogP contribution in [0.2, 0.25) is 5.02 Å². The van der Waals surface area contributed by atoms with Crippen molar-refractivity contribution in [2.24, 2.45) is 0 Å². The molecule has 0 radical (unpaired) electrons. The van der Waals surface area contributed by atoms with E-state index < -0.39 is 0 Å². The molecule has 1 aromatic carbocycles. The maximum absolute atomic E-state index is 12.6. The lowest BCUT2D eigenvalue weighted by atomic mass is 10.1. The van der Waals surface area contributed by atoms with Crippen LogP contribution in [0.4, 0.5) is 0 Å². The highest BCUT2D eigenvalue weighted by Gasteiger charge is 2.28. The van der Waals surface area contributed by atoms with Crippen LogP contribution in [0.25, 0.3) is 0 Å². The number of morpholine rings is 1. The van der Waals surface area contributed by atoms with Crippen LogP contribution >= 0.6 is 11.6 Å². The maximum atomic E-state index is 12.6. The predicted octanol–water partition coefficient (Wildman–Crippen LogP) is 2.70. The minimum Gasteiger partial charge on any atom is -0.370 e. The summed E-state index contributed by atoms with van der Waals surface area (Å²) in [6.07, 6.45) is 5.05. The molecule has 0 spiro atoms. The average molecular weight is 320 g/mol. The largest absolute Gasteiger partial charge is 0.370 e. The fraction of sp³-hybridized carbons (Fsp3) is 0.375. The van der Waals surface area contributed by atoms with Crippen molar-refractivity contribution in [3.05, 3.63) is 53.6 Å². The summed E-state index contributed by atoms with van der Waals surface area (Å²) in [5.41, 5.74) is 1.04. The van der Waals surface area contributed by atoms with Gasteiger partial charge in [0.05, 0.1) is 19.5 Å². The summed E-state index contributed by atoms with van der Waals surface area (Å²) >= 11 is 5.91. The molecule has 1 amide bonds. The second-order valence-corrected chi connectivity index (χ2v) is 5.82. The first-order valence-electron chi connectivity index (χ1n) is 7.28. The normalized spacial score (nSPS) is 19.9. The van der Waals surface area contributed by atoms with Crippen molar-refractivity contribution in [3.63, 3.8) is 0 Å². The van der Waals surface area contributed by atoms with Crippen LogP contribution in [-0.2, 0) is 9.53 Å². The lowest BCUT2D eigenvalue weighted by molar-refractivity contribution is -0.142. The number of nitrogens with zero attached hydrogens (tertiary/aromatic N) is 3. The van der Waals surface area contributed by atoms with Crippen molar-refractivity contribution < 1.29 is 9.53 Å². The first-order chi connectivity index (χ1) is 10.6. The zero-order valence-corrected chi connectivity index (χ0v) is 13.1. The summed E-state index contributed by atoms with van der Waals surface area (Å²) in [5, 5.41) is 0.696. The Hall–Kier alpha value is -1.85. The van der Waals surface area contributed by atoms with E-state index in [1.807, 2.05) is 40.7 Å². The quantitative estimate of drug-likeness (QED) is 0.874. The molecule has 0 N–H and O–H groups in total. The van der Waals surface area contributed by atoms with Gasteiger partial charge in [-0.25, -0.2) is 4.98 Å². The minimum absolute atomic E-state index is 0.0836. The molecule has 5 nitrogen and oxygen atoms in total. The molecule has 2 heterocycles. The number of rotatable bonds is 3. The van der Waals surface area contributed by atoms with E-state index in [0.717, 1.165) is 5.56 Å². The van der Waals surface area contributed by atoms with E-state index in [1.54, 1.807) is 18.7 Å². The molecule has 2 aromatic rings. The zero-order valence-electron chi connectivity index (χ0n) is 12.4. The molecule has 6 heteroatoms. The first kappa shape index (κ1) is 15.1. The standard InChI is InChI=1S/C16H18ClN3O2/c1-12(20-7-6-18-11-20)16(21)19-8-9-22-15(10-19)13-2-4-14(17)5-3-13/h2-7,11-12,15H,8-10H2,1H3/t12-,15+/m1/s1. The molecule has 1 saturated heterocycles. The Morgan fingerprint density at radius 1 is 1.41 bits per heavy atom. The van der Waals surface area contributed by atoms with Gasteiger partial charge in [0.15, 0.2) is 0 Å². The van der Waals surface area contributed by atoms with Crippen molar-refractivity contribution >= 4 is 17.5 Å². The van der Waals surface area contributed by atoms with E-state index >= 15 is 0 Å². The number of ether oxygens (including phenoxy) is 1. The summed E-state index contributed by atoms with van der Waals surface area (Å²) in [6, 6.07) is 7.32. The number of carbonyl (C=O) groups is 1. The molecule has 116 valence electrons. The molecule has 0 aliphatic carbocycles. The third-order valence-electron chi connectivity index (χ3n) is 3.95. The van der Waals surface area contributed by atoms with Gasteiger partial charge in [-0.15, -0.1) is 0 Å². The van der Waals surface area contributed by atoms with Gasteiger partial charge in [-0.1, -0.05) is 23.7 Å². The summed E-state index contributed by atoms with van der Waals surface area (Å²) in [6.45, 7) is 3.59. The van der Waals surface area contributed by atoms with Crippen molar-refractivity contribution in [3.8, 4) is 0 Å². The minimum atomic E-state index is -0.258. The van der Waals surface area contributed by atoms with Crippen LogP contribution in [0, 0.1) is 0 Å². The lowest BCUT2D eigenvalue weighted by Gasteiger charge is -2.34. The van der Waals surface area contributed by atoms with Gasteiger partial charge in [0.1, 0.15) is 12.1 Å². The highest BCUT2D eigenvalue weighted by atomic mass is 35.5. The number of halogens is 1. The summed E-state index contributed by atoms with van der Waals surface area (Å²) in [7, 11) is 0. The Labute approximate surface area is 134 Å². The smallest absolute Gasteiger partial charge is 0.245 e. The molecule has 1 fully saturated rings. The highest BCUT2D eigenvalue weighted by Crippen LogP contribution is 2.25. The van der Waals surface area contributed by atoms with E-state index in [1.165, 1.54) is 0 Å². The Bertz CT molecular complexity index is 627. The predicted molar refractivity (Wildman–Crippen MR) is 83.7 cm³/mol. The number of hydrogen-bond donors (Lipinski definition) is 0. The highest BCUT2D eigenvalue weighted by molar-refractivity contribution is 6.30. The molecular formula is C16H18ClN3O2. The first-order valence-corrected chi connectivity index (χ1v) is 7.66. The molecule has 22 heavy (non-hydrogen) atoms. The third kappa shape index (κ3) is 3.15. The van der Waals surface area contributed by atoms with Crippen LogP contribution in [0.1, 0.15) is 24.6 Å². The van der Waals surface area contributed by atoms with E-state index in [2.05, 4.69) is 4.98 Å². The van der Waals surface area contributed by atoms with Crippen LogP contribution in [-0.4, -0.2) is 40.1 Å². The van der Waals surface area contributed by atoms with Crippen molar-refractivity contribution in [2.45, 2.75) is 19.1 Å². The monoisotopic (exact) mass is 319 g/mol. The van der Waals surface area contributed by atoms with Gasteiger partial charge in [-0.3, -0.25) is 4.79 Å². The lowest BCUT2D eigenvalue weighted by Crippen LogP contribution is -2.44. The zero-order chi connectivity index (χ0) is 15.5. The van der Waals surface area contributed by atoms with Gasteiger partial charge in [-0.05, 0) is 24.6 Å². The number of benzene rings is 1. The molecule has 2 atom stereocenters. The Morgan fingerprint density at radius 2 is 2.18 bits per heavy atom. The molecule has 0 unspecified atom stereocenters. The van der Waals surface area contributed by atoms with Gasteiger partial charge >= 0.3 is 0 Å². The van der Waals surface area contributed by atoms with Gasteiger partial charge < -0.3 is 14.2 Å².